The molecule has 7 nitrogen and oxygen atoms in total. The van der Waals surface area contributed by atoms with Crippen LogP contribution in [0.4, 0.5) is 0 Å². The van der Waals surface area contributed by atoms with Gasteiger partial charge in [-0.25, -0.2) is 0 Å². The number of furan rings is 1. The van der Waals surface area contributed by atoms with Gasteiger partial charge in [-0.15, -0.1) is 0 Å². The number of aliphatic hydroxyl groups excluding tert-OH is 2. The zero-order valence-corrected chi connectivity index (χ0v) is 15.9. The molecule has 1 fully saturated rings. The molecular formula is C21H26N2O5. The lowest BCUT2D eigenvalue weighted by molar-refractivity contribution is 0.0864. The first-order valence-electron chi connectivity index (χ1n) is 9.54. The predicted molar refractivity (Wildman–Crippen MR) is 103 cm³/mol. The maximum absolute atomic E-state index is 12.9. The van der Waals surface area contributed by atoms with Crippen LogP contribution in [0.1, 0.15) is 63.8 Å². The Hall–Kier alpha value is -2.64. The van der Waals surface area contributed by atoms with Gasteiger partial charge in [-0.1, -0.05) is 30.3 Å². The van der Waals surface area contributed by atoms with E-state index in [1.807, 2.05) is 30.3 Å². The fourth-order valence-electron chi connectivity index (χ4n) is 3.58. The molecular weight excluding hydrogens is 360 g/mol. The molecule has 1 saturated carbocycles. The number of rotatable bonds is 6. The first kappa shape index (κ1) is 20.1. The molecule has 1 aromatic heterocycles. The molecule has 0 radical (unpaired) electrons. The van der Waals surface area contributed by atoms with E-state index < -0.39 is 11.8 Å². The van der Waals surface area contributed by atoms with Crippen LogP contribution in [0.2, 0.25) is 0 Å². The zero-order valence-electron chi connectivity index (χ0n) is 15.9. The second-order valence-electron chi connectivity index (χ2n) is 7.09. The Morgan fingerprint density at radius 3 is 2.43 bits per heavy atom. The molecule has 0 bridgehead atoms. The van der Waals surface area contributed by atoms with Gasteiger partial charge in [-0.3, -0.25) is 9.59 Å². The quantitative estimate of drug-likeness (QED) is 0.605. The molecule has 2 amide bonds. The highest BCUT2D eigenvalue weighted by Gasteiger charge is 2.29. The van der Waals surface area contributed by atoms with Gasteiger partial charge in [0.05, 0.1) is 24.2 Å². The number of hydrogen-bond donors (Lipinski definition) is 4. The van der Waals surface area contributed by atoms with E-state index in [0.717, 1.165) is 5.56 Å². The highest BCUT2D eigenvalue weighted by atomic mass is 16.4. The van der Waals surface area contributed by atoms with Crippen LogP contribution in [0.5, 0.6) is 0 Å². The van der Waals surface area contributed by atoms with Gasteiger partial charge in [0.2, 0.25) is 0 Å². The van der Waals surface area contributed by atoms with Crippen molar-refractivity contribution in [3.63, 3.8) is 0 Å². The van der Waals surface area contributed by atoms with Crippen LogP contribution in [-0.4, -0.2) is 47.8 Å². The third-order valence-electron chi connectivity index (χ3n) is 5.19. The summed E-state index contributed by atoms with van der Waals surface area (Å²) in [6, 6.07) is 10.6. The molecule has 1 unspecified atom stereocenters. The van der Waals surface area contributed by atoms with Gasteiger partial charge in [0.25, 0.3) is 11.8 Å². The summed E-state index contributed by atoms with van der Waals surface area (Å²) in [5, 5.41) is 25.1. The Bertz CT molecular complexity index is 809. The molecule has 150 valence electrons. The maximum Gasteiger partial charge on any atom is 0.286 e. The van der Waals surface area contributed by atoms with E-state index in [-0.39, 0.29) is 41.7 Å². The Kier molecular flexibility index (Phi) is 6.49. The first-order valence-corrected chi connectivity index (χ1v) is 9.54. The van der Waals surface area contributed by atoms with Crippen LogP contribution >= 0.6 is 0 Å². The summed E-state index contributed by atoms with van der Waals surface area (Å²) in [4.78, 5) is 25.0. The summed E-state index contributed by atoms with van der Waals surface area (Å²) in [5.41, 5.74) is 1.03. The topological polar surface area (TPSA) is 112 Å². The first-order chi connectivity index (χ1) is 13.5. The fraction of sp³-hybridized carbons (Fsp3) is 0.429. The third kappa shape index (κ3) is 4.43. The molecule has 0 spiro atoms. The number of aliphatic hydroxyl groups is 2. The molecule has 0 aliphatic heterocycles. The van der Waals surface area contributed by atoms with Gasteiger partial charge in [0.15, 0.2) is 5.76 Å². The normalized spacial score (nSPS) is 20.4. The molecule has 28 heavy (non-hydrogen) atoms. The molecule has 1 heterocycles. The van der Waals surface area contributed by atoms with E-state index in [4.69, 9.17) is 4.42 Å². The van der Waals surface area contributed by atoms with Gasteiger partial charge < -0.3 is 25.3 Å². The summed E-state index contributed by atoms with van der Waals surface area (Å²) in [6.07, 6.45) is 2.38. The Labute approximate surface area is 163 Å². The van der Waals surface area contributed by atoms with E-state index >= 15 is 0 Å². The average Bonchev–Trinajstić information content (AvgIpc) is 3.16. The molecule has 3 rings (SSSR count). The second kappa shape index (κ2) is 9.03. The molecule has 1 aliphatic carbocycles. The Morgan fingerprint density at radius 1 is 1.14 bits per heavy atom. The summed E-state index contributed by atoms with van der Waals surface area (Å²) in [7, 11) is 1.48. The lowest BCUT2D eigenvalue weighted by Crippen LogP contribution is -2.38. The molecule has 4 N–H and O–H groups in total. The summed E-state index contributed by atoms with van der Waals surface area (Å²) >= 11 is 0. The molecule has 0 saturated heterocycles. The van der Waals surface area contributed by atoms with Gasteiger partial charge in [-0.2, -0.15) is 0 Å². The minimum Gasteiger partial charge on any atom is -0.454 e. The Balaban J connectivity index is 1.91. The minimum absolute atomic E-state index is 0.0242. The van der Waals surface area contributed by atoms with Crippen LogP contribution in [0.15, 0.2) is 40.8 Å². The smallest absolute Gasteiger partial charge is 0.286 e. The van der Waals surface area contributed by atoms with Crippen molar-refractivity contribution in [3.8, 4) is 0 Å². The van der Waals surface area contributed by atoms with Gasteiger partial charge >= 0.3 is 0 Å². The van der Waals surface area contributed by atoms with Crippen molar-refractivity contribution < 1.29 is 24.2 Å². The van der Waals surface area contributed by atoms with Crippen molar-refractivity contribution in [3.05, 3.63) is 59.0 Å². The highest BCUT2D eigenvalue weighted by molar-refractivity contribution is 5.99. The number of nitrogens with one attached hydrogen (secondary N) is 2. The summed E-state index contributed by atoms with van der Waals surface area (Å²) in [6.45, 7) is -0.263. The SMILES string of the molecule is CNC(=O)c1cc(C(=O)N[C@H]2CC[C@H](O)CC2)c(C(CO)c2ccccc2)o1. The van der Waals surface area contributed by atoms with Crippen LogP contribution in [0.3, 0.4) is 0 Å². The third-order valence-corrected chi connectivity index (χ3v) is 5.19. The lowest BCUT2D eigenvalue weighted by Gasteiger charge is -2.26. The van der Waals surface area contributed by atoms with E-state index in [2.05, 4.69) is 10.6 Å². The van der Waals surface area contributed by atoms with Crippen LogP contribution in [-0.2, 0) is 0 Å². The maximum atomic E-state index is 12.9. The Morgan fingerprint density at radius 2 is 1.82 bits per heavy atom. The van der Waals surface area contributed by atoms with E-state index in [9.17, 15) is 19.8 Å². The summed E-state index contributed by atoms with van der Waals surface area (Å²) < 4.78 is 5.73. The second-order valence-corrected chi connectivity index (χ2v) is 7.09. The van der Waals surface area contributed by atoms with Crippen molar-refractivity contribution in [2.75, 3.05) is 13.7 Å². The largest absolute Gasteiger partial charge is 0.454 e. The lowest BCUT2D eigenvalue weighted by atomic mass is 9.92. The van der Waals surface area contributed by atoms with Gasteiger partial charge in [-0.05, 0) is 31.2 Å². The molecule has 1 atom stereocenters. The van der Waals surface area contributed by atoms with E-state index in [0.29, 0.717) is 25.7 Å². The number of carbonyl (C=O) groups is 2. The van der Waals surface area contributed by atoms with Gasteiger partial charge in [0.1, 0.15) is 5.76 Å². The van der Waals surface area contributed by atoms with E-state index in [1.54, 1.807) is 0 Å². The standard InChI is InChI=1S/C21H26N2O5/c1-22-21(27)18-11-16(20(26)23-14-7-9-15(25)10-8-14)19(28-18)17(12-24)13-5-3-2-4-6-13/h2-6,11,14-15,17,24-25H,7-10,12H2,1H3,(H,22,27)(H,23,26)/t14-,15-,17?. The monoisotopic (exact) mass is 386 g/mol. The number of amides is 2. The molecule has 7 heteroatoms. The van der Waals surface area contributed by atoms with Crippen molar-refractivity contribution >= 4 is 11.8 Å². The molecule has 2 aromatic rings. The van der Waals surface area contributed by atoms with Crippen LogP contribution < -0.4 is 10.6 Å². The van der Waals surface area contributed by atoms with Crippen LogP contribution in [0, 0.1) is 0 Å². The molecule has 1 aliphatic rings. The highest BCUT2D eigenvalue weighted by Crippen LogP contribution is 2.30. The number of hydrogen-bond acceptors (Lipinski definition) is 5. The van der Waals surface area contributed by atoms with Crippen molar-refractivity contribution in [1.82, 2.24) is 10.6 Å². The van der Waals surface area contributed by atoms with Gasteiger partial charge in [0, 0.05) is 19.2 Å². The number of benzene rings is 1. The average molecular weight is 386 g/mol. The van der Waals surface area contributed by atoms with Crippen molar-refractivity contribution in [1.29, 1.82) is 0 Å². The predicted octanol–water partition coefficient (Wildman–Crippen LogP) is 1.80. The zero-order chi connectivity index (χ0) is 20.1. The molecule has 1 aromatic carbocycles. The number of carbonyl (C=O) groups excluding carboxylic acids is 2. The van der Waals surface area contributed by atoms with E-state index in [1.165, 1.54) is 13.1 Å². The minimum atomic E-state index is -0.562. The van der Waals surface area contributed by atoms with Crippen molar-refractivity contribution in [2.24, 2.45) is 0 Å². The summed E-state index contributed by atoms with van der Waals surface area (Å²) in [5.74, 6) is -1.05. The fourth-order valence-corrected chi connectivity index (χ4v) is 3.58. The van der Waals surface area contributed by atoms with Crippen LogP contribution in [0.25, 0.3) is 0 Å². The van der Waals surface area contributed by atoms with Crippen molar-refractivity contribution in [2.45, 2.75) is 43.7 Å².